The van der Waals surface area contributed by atoms with Gasteiger partial charge in [0, 0.05) is 30.6 Å². The zero-order valence-corrected chi connectivity index (χ0v) is 13.5. The summed E-state index contributed by atoms with van der Waals surface area (Å²) in [7, 11) is 0. The molecule has 2 N–H and O–H groups in total. The molecule has 3 rings (SSSR count). The second-order valence-corrected chi connectivity index (χ2v) is 6.45. The molecule has 6 nitrogen and oxygen atoms in total. The van der Waals surface area contributed by atoms with Gasteiger partial charge in [0.25, 0.3) is 0 Å². The van der Waals surface area contributed by atoms with Crippen LogP contribution in [0.25, 0.3) is 10.7 Å². The molecule has 0 saturated carbocycles. The molecule has 1 aliphatic rings. The summed E-state index contributed by atoms with van der Waals surface area (Å²) in [5.41, 5.74) is 6.89. The number of thiazole rings is 1. The maximum atomic E-state index is 12.3. The second kappa shape index (κ2) is 6.87. The molecule has 0 unspecified atom stereocenters. The third kappa shape index (κ3) is 3.73. The highest BCUT2D eigenvalue weighted by Gasteiger charge is 2.26. The lowest BCUT2D eigenvalue weighted by atomic mass is 9.96. The van der Waals surface area contributed by atoms with Crippen LogP contribution in [0, 0.1) is 5.92 Å². The van der Waals surface area contributed by atoms with Crippen LogP contribution in [-0.2, 0) is 16.0 Å². The van der Waals surface area contributed by atoms with Crippen LogP contribution in [0.4, 0.5) is 0 Å². The Labute approximate surface area is 138 Å². The Kier molecular flexibility index (Phi) is 4.66. The maximum Gasteiger partial charge on any atom is 0.228 e. The van der Waals surface area contributed by atoms with Gasteiger partial charge in [-0.3, -0.25) is 14.6 Å². The van der Waals surface area contributed by atoms with E-state index in [-0.39, 0.29) is 24.2 Å². The molecule has 1 aliphatic heterocycles. The van der Waals surface area contributed by atoms with Crippen molar-refractivity contribution in [2.45, 2.75) is 19.3 Å². The molecule has 0 aromatic carbocycles. The monoisotopic (exact) mass is 330 g/mol. The van der Waals surface area contributed by atoms with E-state index >= 15 is 0 Å². The third-order valence-electron chi connectivity index (χ3n) is 4.02. The van der Waals surface area contributed by atoms with E-state index in [9.17, 15) is 9.59 Å². The van der Waals surface area contributed by atoms with Crippen molar-refractivity contribution in [2.75, 3.05) is 13.1 Å². The van der Waals surface area contributed by atoms with Crippen LogP contribution in [0.3, 0.4) is 0 Å². The van der Waals surface area contributed by atoms with E-state index in [1.165, 1.54) is 11.3 Å². The van der Waals surface area contributed by atoms with Gasteiger partial charge in [-0.1, -0.05) is 6.07 Å². The van der Waals surface area contributed by atoms with Crippen molar-refractivity contribution in [2.24, 2.45) is 11.7 Å². The minimum Gasteiger partial charge on any atom is -0.369 e. The Balaban J connectivity index is 1.59. The number of nitrogens with two attached hydrogens (primary N) is 1. The molecule has 2 aromatic heterocycles. The molecule has 3 heterocycles. The molecule has 1 saturated heterocycles. The third-order valence-corrected chi connectivity index (χ3v) is 4.93. The van der Waals surface area contributed by atoms with Crippen molar-refractivity contribution in [3.05, 3.63) is 35.5 Å². The van der Waals surface area contributed by atoms with Gasteiger partial charge in [0.05, 0.1) is 17.8 Å². The zero-order chi connectivity index (χ0) is 16.2. The SMILES string of the molecule is NC(=O)C1CCN(C(=O)Cc2csc(-c3ccccn3)n2)CC1. The van der Waals surface area contributed by atoms with E-state index in [0.717, 1.165) is 16.4 Å². The van der Waals surface area contributed by atoms with Crippen LogP contribution in [0.5, 0.6) is 0 Å². The Morgan fingerprint density at radius 1 is 1.30 bits per heavy atom. The standard InChI is InChI=1S/C16H18N4O2S/c17-15(22)11-4-7-20(8-5-11)14(21)9-12-10-23-16(19-12)13-3-1-2-6-18-13/h1-3,6,10-11H,4-5,7-9H2,(H2,17,22). The van der Waals surface area contributed by atoms with Crippen LogP contribution in [0.2, 0.25) is 0 Å². The number of hydrogen-bond donors (Lipinski definition) is 1. The first-order valence-corrected chi connectivity index (χ1v) is 8.44. The molecule has 0 bridgehead atoms. The van der Waals surface area contributed by atoms with Crippen LogP contribution in [-0.4, -0.2) is 39.8 Å². The number of amides is 2. The maximum absolute atomic E-state index is 12.3. The van der Waals surface area contributed by atoms with Crippen molar-refractivity contribution >= 4 is 23.2 Å². The molecule has 0 aliphatic carbocycles. The predicted molar refractivity (Wildman–Crippen MR) is 87.5 cm³/mol. The minimum absolute atomic E-state index is 0.0470. The lowest BCUT2D eigenvalue weighted by Crippen LogP contribution is -2.42. The van der Waals surface area contributed by atoms with E-state index < -0.39 is 0 Å². The smallest absolute Gasteiger partial charge is 0.228 e. The summed E-state index contributed by atoms with van der Waals surface area (Å²) < 4.78 is 0. The average Bonchev–Trinajstić information content (AvgIpc) is 3.04. The van der Waals surface area contributed by atoms with E-state index in [1.54, 1.807) is 11.1 Å². The van der Waals surface area contributed by atoms with Crippen molar-refractivity contribution in [3.8, 4) is 10.7 Å². The largest absolute Gasteiger partial charge is 0.369 e. The molecular weight excluding hydrogens is 312 g/mol. The molecule has 23 heavy (non-hydrogen) atoms. The zero-order valence-electron chi connectivity index (χ0n) is 12.6. The number of hydrogen-bond acceptors (Lipinski definition) is 5. The molecule has 2 amide bonds. The van der Waals surface area contributed by atoms with Gasteiger partial charge in [0.15, 0.2) is 0 Å². The number of rotatable bonds is 4. The van der Waals surface area contributed by atoms with Gasteiger partial charge in [0.2, 0.25) is 11.8 Å². The van der Waals surface area contributed by atoms with E-state index in [0.29, 0.717) is 25.9 Å². The van der Waals surface area contributed by atoms with Crippen LogP contribution >= 0.6 is 11.3 Å². The molecule has 7 heteroatoms. The van der Waals surface area contributed by atoms with Gasteiger partial charge in [-0.15, -0.1) is 11.3 Å². The normalized spacial score (nSPS) is 15.6. The quantitative estimate of drug-likeness (QED) is 0.919. The molecule has 120 valence electrons. The highest BCUT2D eigenvalue weighted by Crippen LogP contribution is 2.22. The minimum atomic E-state index is -0.267. The van der Waals surface area contributed by atoms with Crippen molar-refractivity contribution in [1.29, 1.82) is 0 Å². The Hall–Kier alpha value is -2.28. The lowest BCUT2D eigenvalue weighted by Gasteiger charge is -2.30. The molecular formula is C16H18N4O2S. The Morgan fingerprint density at radius 3 is 2.74 bits per heavy atom. The fourth-order valence-electron chi connectivity index (χ4n) is 2.68. The summed E-state index contributed by atoms with van der Waals surface area (Å²) in [4.78, 5) is 34.1. The van der Waals surface area contributed by atoms with Crippen LogP contribution in [0.15, 0.2) is 29.8 Å². The van der Waals surface area contributed by atoms with Gasteiger partial charge < -0.3 is 10.6 Å². The number of pyridine rings is 1. The summed E-state index contributed by atoms with van der Waals surface area (Å²) >= 11 is 1.49. The highest BCUT2D eigenvalue weighted by molar-refractivity contribution is 7.13. The molecule has 0 spiro atoms. The summed E-state index contributed by atoms with van der Waals surface area (Å²) in [5.74, 6) is -0.323. The lowest BCUT2D eigenvalue weighted by molar-refractivity contribution is -0.134. The predicted octanol–water partition coefficient (Wildman–Crippen LogP) is 1.47. The molecule has 1 fully saturated rings. The number of nitrogens with zero attached hydrogens (tertiary/aromatic N) is 3. The van der Waals surface area contributed by atoms with Crippen molar-refractivity contribution < 1.29 is 9.59 Å². The van der Waals surface area contributed by atoms with Crippen LogP contribution < -0.4 is 5.73 Å². The number of piperidine rings is 1. The topological polar surface area (TPSA) is 89.2 Å². The first-order valence-electron chi connectivity index (χ1n) is 7.56. The molecule has 2 aromatic rings. The molecule has 0 radical (unpaired) electrons. The first-order chi connectivity index (χ1) is 11.1. The van der Waals surface area contributed by atoms with Crippen LogP contribution in [0.1, 0.15) is 18.5 Å². The fourth-order valence-corrected chi connectivity index (χ4v) is 3.47. The first kappa shape index (κ1) is 15.6. The summed E-state index contributed by atoms with van der Waals surface area (Å²) in [5, 5.41) is 2.72. The van der Waals surface area contributed by atoms with Gasteiger partial charge in [-0.25, -0.2) is 4.98 Å². The number of primary amides is 1. The van der Waals surface area contributed by atoms with Gasteiger partial charge >= 0.3 is 0 Å². The number of likely N-dealkylation sites (tertiary alicyclic amines) is 1. The molecule has 0 atom stereocenters. The van der Waals surface area contributed by atoms with E-state index in [1.807, 2.05) is 23.6 Å². The van der Waals surface area contributed by atoms with Gasteiger partial charge in [0.1, 0.15) is 5.01 Å². The average molecular weight is 330 g/mol. The highest BCUT2D eigenvalue weighted by atomic mass is 32.1. The summed E-state index contributed by atoms with van der Waals surface area (Å²) in [6, 6.07) is 5.67. The van der Waals surface area contributed by atoms with E-state index in [2.05, 4.69) is 9.97 Å². The fraction of sp³-hybridized carbons (Fsp3) is 0.375. The van der Waals surface area contributed by atoms with Gasteiger partial charge in [-0.2, -0.15) is 0 Å². The van der Waals surface area contributed by atoms with E-state index in [4.69, 9.17) is 5.73 Å². The summed E-state index contributed by atoms with van der Waals surface area (Å²) in [6.45, 7) is 1.17. The van der Waals surface area contributed by atoms with Crippen molar-refractivity contribution in [1.82, 2.24) is 14.9 Å². The summed E-state index contributed by atoms with van der Waals surface area (Å²) in [6.07, 6.45) is 3.31. The van der Waals surface area contributed by atoms with Crippen molar-refractivity contribution in [3.63, 3.8) is 0 Å². The number of carbonyl (C=O) groups is 2. The number of aromatic nitrogens is 2. The van der Waals surface area contributed by atoms with Gasteiger partial charge in [-0.05, 0) is 25.0 Å². The Morgan fingerprint density at radius 2 is 2.09 bits per heavy atom. The number of carbonyl (C=O) groups excluding carboxylic acids is 2. The Bertz CT molecular complexity index is 693. The second-order valence-electron chi connectivity index (χ2n) is 5.59.